The number of aromatic nitrogens is 2. The monoisotopic (exact) mass is 541 g/mol. The quantitative estimate of drug-likeness (QED) is 0.345. The minimum atomic E-state index is -3.80. The Morgan fingerprint density at radius 2 is 2.00 bits per heavy atom. The fourth-order valence-electron chi connectivity index (χ4n) is 4.67. The first-order valence-corrected chi connectivity index (χ1v) is 14.3. The van der Waals surface area contributed by atoms with Crippen LogP contribution in [-0.4, -0.2) is 68.9 Å². The summed E-state index contributed by atoms with van der Waals surface area (Å²) >= 11 is 0. The SMILES string of the molecule is COCCn1c(CN(C[C@@H]2CCCO2)C(=O)c2ccccc2C)cnc1S(=O)(=O)Cc1cccc(OC)c1. The lowest BCUT2D eigenvalue weighted by molar-refractivity contribution is 0.0500. The van der Waals surface area contributed by atoms with E-state index in [1.807, 2.05) is 31.2 Å². The summed E-state index contributed by atoms with van der Waals surface area (Å²) in [6, 6.07) is 14.4. The highest BCUT2D eigenvalue weighted by molar-refractivity contribution is 7.90. The van der Waals surface area contributed by atoms with Crippen LogP contribution in [0.4, 0.5) is 0 Å². The first-order valence-electron chi connectivity index (χ1n) is 12.7. The summed E-state index contributed by atoms with van der Waals surface area (Å²) in [6.45, 7) is 3.76. The van der Waals surface area contributed by atoms with E-state index in [1.54, 1.807) is 47.0 Å². The minimum absolute atomic E-state index is 0.0484. The molecule has 1 aliphatic rings. The van der Waals surface area contributed by atoms with Gasteiger partial charge in [-0.3, -0.25) is 4.79 Å². The van der Waals surface area contributed by atoms with Gasteiger partial charge in [-0.2, -0.15) is 0 Å². The van der Waals surface area contributed by atoms with Gasteiger partial charge in [-0.1, -0.05) is 30.3 Å². The van der Waals surface area contributed by atoms with Gasteiger partial charge in [0.1, 0.15) is 5.75 Å². The molecule has 0 radical (unpaired) electrons. The van der Waals surface area contributed by atoms with Crippen molar-refractivity contribution in [3.8, 4) is 5.75 Å². The Balaban J connectivity index is 1.66. The molecule has 38 heavy (non-hydrogen) atoms. The molecule has 0 unspecified atom stereocenters. The summed E-state index contributed by atoms with van der Waals surface area (Å²) in [5, 5.41) is -0.0484. The highest BCUT2D eigenvalue weighted by Gasteiger charge is 2.28. The van der Waals surface area contributed by atoms with Crippen LogP contribution in [0.25, 0.3) is 0 Å². The van der Waals surface area contributed by atoms with Crippen molar-refractivity contribution >= 4 is 15.7 Å². The average Bonchev–Trinajstić information content (AvgIpc) is 3.57. The van der Waals surface area contributed by atoms with Crippen molar-refractivity contribution in [2.75, 3.05) is 34.0 Å². The summed E-state index contributed by atoms with van der Waals surface area (Å²) in [5.41, 5.74) is 2.71. The van der Waals surface area contributed by atoms with Crippen LogP contribution >= 0.6 is 0 Å². The molecule has 0 N–H and O–H groups in total. The topological polar surface area (TPSA) is 100.0 Å². The second kappa shape index (κ2) is 12.6. The number of carbonyl (C=O) groups excluding carboxylic acids is 1. The standard InChI is InChI=1S/C28H35N3O6S/c1-21-8-4-5-12-26(21)27(32)30(19-25-11-7-14-37-25)18-23-17-29-28(31(23)13-15-35-2)38(33,34)20-22-9-6-10-24(16-22)36-3/h4-6,8-10,12,16-17,25H,7,11,13-15,18-20H2,1-3H3/t25-/m0/s1. The molecule has 2 aromatic carbocycles. The van der Waals surface area contributed by atoms with Gasteiger partial charge in [0, 0.05) is 32.4 Å². The van der Waals surface area contributed by atoms with E-state index < -0.39 is 9.84 Å². The average molecular weight is 542 g/mol. The van der Waals surface area contributed by atoms with Crippen molar-refractivity contribution in [2.45, 2.75) is 49.9 Å². The number of carbonyl (C=O) groups is 1. The maximum Gasteiger partial charge on any atom is 0.254 e. The van der Waals surface area contributed by atoms with Gasteiger partial charge in [-0.15, -0.1) is 0 Å². The first kappa shape index (κ1) is 27.8. The summed E-state index contributed by atoms with van der Waals surface area (Å²) in [4.78, 5) is 19.7. The number of imidazole rings is 1. The number of benzene rings is 2. The normalized spacial score (nSPS) is 15.5. The second-order valence-corrected chi connectivity index (χ2v) is 11.3. The van der Waals surface area contributed by atoms with Crippen LogP contribution in [0.3, 0.4) is 0 Å². The fourth-order valence-corrected chi connectivity index (χ4v) is 6.17. The van der Waals surface area contributed by atoms with Gasteiger partial charge < -0.3 is 23.7 Å². The third kappa shape index (κ3) is 6.61. The molecule has 1 fully saturated rings. The maximum atomic E-state index is 13.7. The molecule has 0 bridgehead atoms. The molecule has 1 atom stereocenters. The predicted molar refractivity (Wildman–Crippen MR) is 143 cm³/mol. The number of hydrogen-bond donors (Lipinski definition) is 0. The third-order valence-corrected chi connectivity index (χ3v) is 8.25. The molecule has 2 heterocycles. The zero-order chi connectivity index (χ0) is 27.1. The first-order chi connectivity index (χ1) is 18.3. The van der Waals surface area contributed by atoms with Gasteiger partial charge in [0.05, 0.1) is 44.0 Å². The number of hydrogen-bond acceptors (Lipinski definition) is 7. The second-order valence-electron chi connectivity index (χ2n) is 9.42. The van der Waals surface area contributed by atoms with E-state index in [0.717, 1.165) is 18.4 Å². The number of nitrogens with zero attached hydrogens (tertiary/aromatic N) is 3. The van der Waals surface area contributed by atoms with Crippen molar-refractivity contribution in [1.82, 2.24) is 14.5 Å². The number of ether oxygens (including phenoxy) is 3. The van der Waals surface area contributed by atoms with Crippen LogP contribution in [0.2, 0.25) is 0 Å². The number of methoxy groups -OCH3 is 2. The molecule has 9 nitrogen and oxygen atoms in total. The van der Waals surface area contributed by atoms with Crippen LogP contribution in [0.1, 0.15) is 40.0 Å². The van der Waals surface area contributed by atoms with E-state index in [4.69, 9.17) is 14.2 Å². The number of rotatable bonds is 12. The molecule has 0 saturated carbocycles. The predicted octanol–water partition coefficient (Wildman–Crippen LogP) is 3.64. The molecular formula is C28H35N3O6S. The molecule has 0 spiro atoms. The van der Waals surface area contributed by atoms with Gasteiger partial charge in [0.15, 0.2) is 0 Å². The van der Waals surface area contributed by atoms with E-state index in [2.05, 4.69) is 4.98 Å². The lowest BCUT2D eigenvalue weighted by atomic mass is 10.1. The van der Waals surface area contributed by atoms with Gasteiger partial charge in [-0.05, 0) is 49.1 Å². The van der Waals surface area contributed by atoms with E-state index in [9.17, 15) is 13.2 Å². The van der Waals surface area contributed by atoms with Crippen LogP contribution in [-0.2, 0) is 38.2 Å². The van der Waals surface area contributed by atoms with Gasteiger partial charge >= 0.3 is 0 Å². The Morgan fingerprint density at radius 1 is 1.18 bits per heavy atom. The molecule has 4 rings (SSSR count). The van der Waals surface area contributed by atoms with Crippen LogP contribution in [0.5, 0.6) is 5.75 Å². The Bertz CT molecular complexity index is 1350. The number of amides is 1. The van der Waals surface area contributed by atoms with Crippen molar-refractivity contribution in [3.05, 3.63) is 77.1 Å². The van der Waals surface area contributed by atoms with Crippen molar-refractivity contribution in [3.63, 3.8) is 0 Å². The van der Waals surface area contributed by atoms with Gasteiger partial charge in [-0.25, -0.2) is 13.4 Å². The summed E-state index contributed by atoms with van der Waals surface area (Å²) in [6.07, 6.45) is 3.31. The van der Waals surface area contributed by atoms with Crippen LogP contribution in [0, 0.1) is 6.92 Å². The highest BCUT2D eigenvalue weighted by atomic mass is 32.2. The van der Waals surface area contributed by atoms with Crippen LogP contribution < -0.4 is 4.74 Å². The minimum Gasteiger partial charge on any atom is -0.497 e. The van der Waals surface area contributed by atoms with Crippen molar-refractivity contribution in [1.29, 1.82) is 0 Å². The van der Waals surface area contributed by atoms with E-state index in [1.165, 1.54) is 7.11 Å². The molecule has 1 saturated heterocycles. The lowest BCUT2D eigenvalue weighted by Gasteiger charge is -2.27. The molecule has 1 aromatic heterocycles. The Kier molecular flexibility index (Phi) is 9.19. The van der Waals surface area contributed by atoms with Crippen molar-refractivity contribution < 1.29 is 27.4 Å². The zero-order valence-corrected chi connectivity index (χ0v) is 22.9. The largest absolute Gasteiger partial charge is 0.497 e. The number of sulfone groups is 1. The number of aryl methyl sites for hydroxylation is 1. The smallest absolute Gasteiger partial charge is 0.254 e. The zero-order valence-electron chi connectivity index (χ0n) is 22.1. The summed E-state index contributed by atoms with van der Waals surface area (Å²) in [7, 11) is -0.702. The van der Waals surface area contributed by atoms with Gasteiger partial charge in [0.2, 0.25) is 15.0 Å². The van der Waals surface area contributed by atoms with Gasteiger partial charge in [0.25, 0.3) is 5.91 Å². The Morgan fingerprint density at radius 3 is 2.71 bits per heavy atom. The van der Waals surface area contributed by atoms with E-state index in [0.29, 0.717) is 42.3 Å². The summed E-state index contributed by atoms with van der Waals surface area (Å²) in [5.74, 6) is 0.231. The molecule has 3 aromatic rings. The Hall–Kier alpha value is -3.21. The van der Waals surface area contributed by atoms with E-state index in [-0.39, 0.29) is 36.0 Å². The van der Waals surface area contributed by atoms with Crippen molar-refractivity contribution in [2.24, 2.45) is 0 Å². The molecule has 0 aliphatic carbocycles. The van der Waals surface area contributed by atoms with Crippen LogP contribution in [0.15, 0.2) is 59.9 Å². The fraction of sp³-hybridized carbons (Fsp3) is 0.429. The molecular weight excluding hydrogens is 506 g/mol. The molecule has 204 valence electrons. The Labute approximate surface area is 224 Å². The summed E-state index contributed by atoms with van der Waals surface area (Å²) < 4.78 is 45.0. The lowest BCUT2D eigenvalue weighted by Crippen LogP contribution is -2.38. The van der Waals surface area contributed by atoms with E-state index >= 15 is 0 Å². The maximum absolute atomic E-state index is 13.7. The molecule has 1 aliphatic heterocycles. The molecule has 10 heteroatoms. The molecule has 1 amide bonds. The third-order valence-electron chi connectivity index (χ3n) is 6.65. The highest BCUT2D eigenvalue weighted by Crippen LogP contribution is 2.23.